The first-order chi connectivity index (χ1) is 6.10. The summed E-state index contributed by atoms with van der Waals surface area (Å²) < 4.78 is 0. The van der Waals surface area contributed by atoms with Gasteiger partial charge in [-0.05, 0) is 24.2 Å². The van der Waals surface area contributed by atoms with Crippen molar-refractivity contribution in [3.63, 3.8) is 0 Å². The molecular weight excluding hydrogens is 166 g/mol. The Morgan fingerprint density at radius 1 is 1.38 bits per heavy atom. The van der Waals surface area contributed by atoms with Crippen LogP contribution in [0, 0.1) is 11.3 Å². The van der Waals surface area contributed by atoms with Crippen molar-refractivity contribution >= 4 is 0 Å². The third kappa shape index (κ3) is 2.93. The molecule has 0 bridgehead atoms. The monoisotopic (exact) mass is 187 g/mol. The smallest absolute Gasteiger partial charge is 0.0894 e. The highest BCUT2D eigenvalue weighted by atomic mass is 16.3. The molecule has 0 spiro atoms. The summed E-state index contributed by atoms with van der Waals surface area (Å²) in [5.74, 6) is 0.714. The molecule has 0 amide bonds. The minimum Gasteiger partial charge on any atom is -0.394 e. The number of nitrogens with one attached hydrogen (secondary N) is 1. The van der Waals surface area contributed by atoms with Crippen LogP contribution < -0.4 is 5.32 Å². The Labute approximate surface area is 80.2 Å². The first-order valence-electron chi connectivity index (χ1n) is 5.10. The van der Waals surface area contributed by atoms with Crippen LogP contribution in [0.1, 0.15) is 26.7 Å². The molecule has 1 aliphatic carbocycles. The highest BCUT2D eigenvalue weighted by Crippen LogP contribution is 2.51. The van der Waals surface area contributed by atoms with E-state index in [1.54, 1.807) is 0 Å². The van der Waals surface area contributed by atoms with Gasteiger partial charge in [-0.25, -0.2) is 0 Å². The second-order valence-electron chi connectivity index (χ2n) is 4.48. The van der Waals surface area contributed by atoms with Crippen LogP contribution in [0.2, 0.25) is 0 Å². The van der Waals surface area contributed by atoms with Crippen LogP contribution in [0.5, 0.6) is 0 Å². The molecule has 1 aliphatic rings. The fourth-order valence-electron chi connectivity index (χ4n) is 1.67. The standard InChI is InChI=1S/C10H21NO2/c1-8(2)10(3-4-10)7-11-5-9(13)6-12/h8-9,11-13H,3-7H2,1-2H3. The van der Waals surface area contributed by atoms with Gasteiger partial charge in [-0.3, -0.25) is 0 Å². The second-order valence-corrected chi connectivity index (χ2v) is 4.48. The number of aliphatic hydroxyl groups excluding tert-OH is 2. The van der Waals surface area contributed by atoms with E-state index in [9.17, 15) is 0 Å². The molecule has 0 aromatic heterocycles. The fraction of sp³-hybridized carbons (Fsp3) is 1.00. The minimum atomic E-state index is -0.608. The zero-order chi connectivity index (χ0) is 9.90. The van der Waals surface area contributed by atoms with E-state index in [1.807, 2.05) is 0 Å². The van der Waals surface area contributed by atoms with Crippen molar-refractivity contribution in [3.05, 3.63) is 0 Å². The Morgan fingerprint density at radius 3 is 2.38 bits per heavy atom. The molecular formula is C10H21NO2. The Bertz CT molecular complexity index is 155. The first-order valence-corrected chi connectivity index (χ1v) is 5.10. The average Bonchev–Trinajstić information content (AvgIpc) is 2.85. The van der Waals surface area contributed by atoms with E-state index in [-0.39, 0.29) is 6.61 Å². The molecule has 13 heavy (non-hydrogen) atoms. The van der Waals surface area contributed by atoms with Gasteiger partial charge in [0.1, 0.15) is 0 Å². The van der Waals surface area contributed by atoms with Gasteiger partial charge < -0.3 is 15.5 Å². The van der Waals surface area contributed by atoms with E-state index < -0.39 is 6.10 Å². The highest BCUT2D eigenvalue weighted by Gasteiger charge is 2.44. The van der Waals surface area contributed by atoms with Gasteiger partial charge in [0.2, 0.25) is 0 Å². The number of rotatable bonds is 6. The molecule has 3 heteroatoms. The van der Waals surface area contributed by atoms with Crippen molar-refractivity contribution in [1.29, 1.82) is 0 Å². The van der Waals surface area contributed by atoms with Crippen LogP contribution >= 0.6 is 0 Å². The Kier molecular flexibility index (Phi) is 3.71. The number of aliphatic hydroxyl groups is 2. The number of hydrogen-bond acceptors (Lipinski definition) is 3. The quantitative estimate of drug-likeness (QED) is 0.563. The van der Waals surface area contributed by atoms with Crippen LogP contribution in [0.3, 0.4) is 0 Å². The Morgan fingerprint density at radius 2 is 2.00 bits per heavy atom. The van der Waals surface area contributed by atoms with E-state index in [0.29, 0.717) is 17.9 Å². The maximum atomic E-state index is 9.10. The van der Waals surface area contributed by atoms with Gasteiger partial charge in [0.15, 0.2) is 0 Å². The van der Waals surface area contributed by atoms with Crippen LogP contribution in [-0.4, -0.2) is 36.0 Å². The second kappa shape index (κ2) is 4.40. The maximum absolute atomic E-state index is 9.10. The van der Waals surface area contributed by atoms with Gasteiger partial charge in [0, 0.05) is 13.1 Å². The zero-order valence-electron chi connectivity index (χ0n) is 8.58. The first kappa shape index (κ1) is 11.0. The third-order valence-electron chi connectivity index (χ3n) is 3.18. The Hall–Kier alpha value is -0.120. The molecule has 0 aromatic rings. The van der Waals surface area contributed by atoms with Crippen LogP contribution in [0.25, 0.3) is 0 Å². The van der Waals surface area contributed by atoms with Crippen molar-refractivity contribution in [1.82, 2.24) is 5.32 Å². The molecule has 0 aliphatic heterocycles. The molecule has 0 heterocycles. The SMILES string of the molecule is CC(C)C1(CNCC(O)CO)CC1. The van der Waals surface area contributed by atoms with E-state index in [1.165, 1.54) is 12.8 Å². The molecule has 0 aromatic carbocycles. The molecule has 1 saturated carbocycles. The lowest BCUT2D eigenvalue weighted by atomic mass is 9.92. The lowest BCUT2D eigenvalue weighted by molar-refractivity contribution is 0.0924. The van der Waals surface area contributed by atoms with E-state index in [4.69, 9.17) is 10.2 Å². The van der Waals surface area contributed by atoms with Gasteiger partial charge in [-0.15, -0.1) is 0 Å². The topological polar surface area (TPSA) is 52.5 Å². The predicted molar refractivity (Wildman–Crippen MR) is 52.5 cm³/mol. The van der Waals surface area contributed by atoms with E-state index in [0.717, 1.165) is 6.54 Å². The van der Waals surface area contributed by atoms with Crippen LogP contribution in [-0.2, 0) is 0 Å². The van der Waals surface area contributed by atoms with Crippen LogP contribution in [0.15, 0.2) is 0 Å². The Balaban J connectivity index is 2.12. The normalized spacial score (nSPS) is 21.9. The molecule has 3 N–H and O–H groups in total. The van der Waals surface area contributed by atoms with Crippen molar-refractivity contribution in [3.8, 4) is 0 Å². The summed E-state index contributed by atoms with van der Waals surface area (Å²) in [5.41, 5.74) is 0.481. The van der Waals surface area contributed by atoms with E-state index in [2.05, 4.69) is 19.2 Å². The van der Waals surface area contributed by atoms with Gasteiger partial charge >= 0.3 is 0 Å². The lowest BCUT2D eigenvalue weighted by Crippen LogP contribution is -2.35. The van der Waals surface area contributed by atoms with Gasteiger partial charge in [0.05, 0.1) is 12.7 Å². The zero-order valence-corrected chi connectivity index (χ0v) is 8.58. The van der Waals surface area contributed by atoms with Gasteiger partial charge in [0.25, 0.3) is 0 Å². The molecule has 0 radical (unpaired) electrons. The molecule has 1 unspecified atom stereocenters. The molecule has 1 fully saturated rings. The minimum absolute atomic E-state index is 0.151. The number of hydrogen-bond donors (Lipinski definition) is 3. The lowest BCUT2D eigenvalue weighted by Gasteiger charge is -2.20. The van der Waals surface area contributed by atoms with E-state index >= 15 is 0 Å². The molecule has 78 valence electrons. The summed E-state index contributed by atoms with van der Waals surface area (Å²) in [7, 11) is 0. The summed E-state index contributed by atoms with van der Waals surface area (Å²) in [6, 6.07) is 0. The predicted octanol–water partition coefficient (Wildman–Crippen LogP) is 0.365. The maximum Gasteiger partial charge on any atom is 0.0894 e. The fourth-order valence-corrected chi connectivity index (χ4v) is 1.67. The van der Waals surface area contributed by atoms with Gasteiger partial charge in [-0.2, -0.15) is 0 Å². The van der Waals surface area contributed by atoms with Crippen molar-refractivity contribution < 1.29 is 10.2 Å². The third-order valence-corrected chi connectivity index (χ3v) is 3.18. The summed E-state index contributed by atoms with van der Waals surface area (Å²) in [6.45, 7) is 5.82. The average molecular weight is 187 g/mol. The summed E-state index contributed by atoms with van der Waals surface area (Å²) >= 11 is 0. The van der Waals surface area contributed by atoms with Crippen molar-refractivity contribution in [2.45, 2.75) is 32.8 Å². The highest BCUT2D eigenvalue weighted by molar-refractivity contribution is 4.97. The van der Waals surface area contributed by atoms with Gasteiger partial charge in [-0.1, -0.05) is 13.8 Å². The molecule has 1 atom stereocenters. The molecule has 3 nitrogen and oxygen atoms in total. The van der Waals surface area contributed by atoms with Crippen molar-refractivity contribution in [2.24, 2.45) is 11.3 Å². The van der Waals surface area contributed by atoms with Crippen molar-refractivity contribution in [2.75, 3.05) is 19.7 Å². The summed E-state index contributed by atoms with van der Waals surface area (Å²) in [6.07, 6.45) is 1.99. The molecule has 1 rings (SSSR count). The summed E-state index contributed by atoms with van der Waals surface area (Å²) in [5, 5.41) is 20.9. The van der Waals surface area contributed by atoms with Crippen LogP contribution in [0.4, 0.5) is 0 Å². The molecule has 0 saturated heterocycles. The summed E-state index contributed by atoms with van der Waals surface area (Å²) in [4.78, 5) is 0. The largest absolute Gasteiger partial charge is 0.394 e.